The Morgan fingerprint density at radius 1 is 1.26 bits per heavy atom. The quantitative estimate of drug-likeness (QED) is 0.768. The lowest BCUT2D eigenvalue weighted by molar-refractivity contribution is -0.0394. The van der Waals surface area contributed by atoms with Crippen molar-refractivity contribution in [2.45, 2.75) is 51.4 Å². The number of imidazole rings is 1. The standard InChI is InChI=1S/C21H27N5O/c1-15-8-16(10-22-15)12-25-14-23-19-9-17(5-6-20(19)25)18-11-24-26(13-18)21-4-2-3-7-27-21/h5-6,9,11,13-16,21-22H,2-4,7-8,10,12H2,1H3/t15-,16?,21?/m1/s1. The molecule has 0 aliphatic carbocycles. The van der Waals surface area contributed by atoms with E-state index < -0.39 is 0 Å². The zero-order valence-corrected chi connectivity index (χ0v) is 15.8. The summed E-state index contributed by atoms with van der Waals surface area (Å²) in [7, 11) is 0. The number of aromatic nitrogens is 4. The molecule has 0 spiro atoms. The number of hydrogen-bond acceptors (Lipinski definition) is 4. The molecule has 2 fully saturated rings. The minimum Gasteiger partial charge on any atom is -0.357 e. The van der Waals surface area contributed by atoms with Crippen molar-refractivity contribution in [3.05, 3.63) is 36.9 Å². The number of rotatable bonds is 4. The number of nitrogens with one attached hydrogen (secondary N) is 1. The van der Waals surface area contributed by atoms with E-state index in [1.807, 2.05) is 17.2 Å². The fourth-order valence-electron chi connectivity index (χ4n) is 4.42. The van der Waals surface area contributed by atoms with Crippen LogP contribution in [0.3, 0.4) is 0 Å². The highest BCUT2D eigenvalue weighted by Crippen LogP contribution is 2.28. The molecule has 0 bridgehead atoms. The third-order valence-electron chi connectivity index (χ3n) is 5.90. The van der Waals surface area contributed by atoms with Crippen LogP contribution in [0.2, 0.25) is 0 Å². The third kappa shape index (κ3) is 3.39. The summed E-state index contributed by atoms with van der Waals surface area (Å²) in [6.45, 7) is 5.22. The smallest absolute Gasteiger partial charge is 0.150 e. The first-order valence-electron chi connectivity index (χ1n) is 10.1. The maximum atomic E-state index is 5.84. The molecule has 2 unspecified atom stereocenters. The molecule has 3 aromatic rings. The van der Waals surface area contributed by atoms with E-state index in [-0.39, 0.29) is 6.23 Å². The minimum atomic E-state index is 0.0813. The Labute approximate surface area is 159 Å². The van der Waals surface area contributed by atoms with Gasteiger partial charge in [-0.15, -0.1) is 0 Å². The van der Waals surface area contributed by atoms with Crippen molar-refractivity contribution in [2.24, 2.45) is 5.92 Å². The molecule has 2 aromatic heterocycles. The van der Waals surface area contributed by atoms with E-state index in [1.54, 1.807) is 0 Å². The molecule has 27 heavy (non-hydrogen) atoms. The Hall–Kier alpha value is -2.18. The highest BCUT2D eigenvalue weighted by atomic mass is 16.5. The average Bonchev–Trinajstić information content (AvgIpc) is 3.43. The van der Waals surface area contributed by atoms with Crippen molar-refractivity contribution in [1.82, 2.24) is 24.6 Å². The van der Waals surface area contributed by atoms with Gasteiger partial charge in [-0.25, -0.2) is 9.67 Å². The molecule has 3 atom stereocenters. The van der Waals surface area contributed by atoms with E-state index in [0.717, 1.165) is 49.2 Å². The second kappa shape index (κ2) is 7.09. The van der Waals surface area contributed by atoms with E-state index in [2.05, 4.69) is 51.3 Å². The van der Waals surface area contributed by atoms with Gasteiger partial charge in [-0.3, -0.25) is 0 Å². The van der Waals surface area contributed by atoms with Gasteiger partial charge < -0.3 is 14.6 Å². The molecule has 2 aliphatic heterocycles. The van der Waals surface area contributed by atoms with E-state index in [0.29, 0.717) is 12.0 Å². The van der Waals surface area contributed by atoms with Gasteiger partial charge in [0, 0.05) is 31.0 Å². The van der Waals surface area contributed by atoms with Crippen LogP contribution in [0.4, 0.5) is 0 Å². The lowest BCUT2D eigenvalue weighted by Crippen LogP contribution is -2.18. The van der Waals surface area contributed by atoms with Gasteiger partial charge >= 0.3 is 0 Å². The number of ether oxygens (including phenoxy) is 1. The van der Waals surface area contributed by atoms with Crippen LogP contribution in [0, 0.1) is 5.92 Å². The Kier molecular flexibility index (Phi) is 4.45. The molecule has 2 aliphatic rings. The Morgan fingerprint density at radius 3 is 3.04 bits per heavy atom. The van der Waals surface area contributed by atoms with Crippen molar-refractivity contribution in [3.63, 3.8) is 0 Å². The van der Waals surface area contributed by atoms with Crippen LogP contribution < -0.4 is 5.32 Å². The summed E-state index contributed by atoms with van der Waals surface area (Å²) < 4.78 is 10.1. The summed E-state index contributed by atoms with van der Waals surface area (Å²) in [5.74, 6) is 0.686. The molecule has 0 amide bonds. The molecule has 2 saturated heterocycles. The van der Waals surface area contributed by atoms with Gasteiger partial charge in [0.1, 0.15) is 6.23 Å². The van der Waals surface area contributed by atoms with E-state index in [9.17, 15) is 0 Å². The fraction of sp³-hybridized carbons (Fsp3) is 0.524. The Bertz CT molecular complexity index is 924. The number of benzene rings is 1. The third-order valence-corrected chi connectivity index (χ3v) is 5.90. The second-order valence-corrected chi connectivity index (χ2v) is 8.04. The average molecular weight is 365 g/mol. The predicted molar refractivity (Wildman–Crippen MR) is 105 cm³/mol. The molecule has 0 radical (unpaired) electrons. The molecule has 6 heteroatoms. The summed E-state index contributed by atoms with van der Waals surface area (Å²) in [5, 5.41) is 8.07. The lowest BCUT2D eigenvalue weighted by atomic mass is 10.1. The van der Waals surface area contributed by atoms with Gasteiger partial charge in [0.15, 0.2) is 0 Å². The summed E-state index contributed by atoms with van der Waals surface area (Å²) in [4.78, 5) is 4.65. The molecule has 4 heterocycles. The first kappa shape index (κ1) is 17.0. The van der Waals surface area contributed by atoms with Crippen molar-refractivity contribution in [3.8, 4) is 11.1 Å². The topological polar surface area (TPSA) is 56.9 Å². The van der Waals surface area contributed by atoms with Gasteiger partial charge in [-0.1, -0.05) is 6.07 Å². The van der Waals surface area contributed by atoms with Crippen LogP contribution in [-0.2, 0) is 11.3 Å². The number of fused-ring (bicyclic) bond motifs is 1. The lowest BCUT2D eigenvalue weighted by Gasteiger charge is -2.22. The maximum absolute atomic E-state index is 5.84. The van der Waals surface area contributed by atoms with Crippen molar-refractivity contribution >= 4 is 11.0 Å². The number of hydrogen-bond donors (Lipinski definition) is 1. The van der Waals surface area contributed by atoms with Crippen molar-refractivity contribution < 1.29 is 4.74 Å². The van der Waals surface area contributed by atoms with Crippen LogP contribution in [0.15, 0.2) is 36.9 Å². The van der Waals surface area contributed by atoms with Crippen LogP contribution in [-0.4, -0.2) is 38.5 Å². The molecule has 1 aromatic carbocycles. The molecule has 0 saturated carbocycles. The summed E-state index contributed by atoms with van der Waals surface area (Å²) in [5.41, 5.74) is 4.54. The first-order chi connectivity index (χ1) is 13.3. The highest BCUT2D eigenvalue weighted by molar-refractivity contribution is 5.81. The molecular formula is C21H27N5O. The van der Waals surface area contributed by atoms with Gasteiger partial charge in [-0.05, 0) is 62.8 Å². The predicted octanol–water partition coefficient (Wildman–Crippen LogP) is 3.60. The SMILES string of the molecule is C[C@@H]1CC(Cn2cnc3cc(-c4cnn(C5CCCCO5)c4)ccc32)CN1. The number of nitrogens with zero attached hydrogens (tertiary/aromatic N) is 4. The van der Waals surface area contributed by atoms with Crippen LogP contribution in [0.1, 0.15) is 38.8 Å². The second-order valence-electron chi connectivity index (χ2n) is 8.04. The molecule has 1 N–H and O–H groups in total. The summed E-state index contributed by atoms with van der Waals surface area (Å²) in [6, 6.07) is 7.17. The molecular weight excluding hydrogens is 338 g/mol. The van der Waals surface area contributed by atoms with Gasteiger partial charge in [0.05, 0.1) is 23.6 Å². The Balaban J connectivity index is 1.36. The summed E-state index contributed by atoms with van der Waals surface area (Å²) in [6.07, 6.45) is 10.7. The van der Waals surface area contributed by atoms with Crippen molar-refractivity contribution in [1.29, 1.82) is 0 Å². The molecule has 142 valence electrons. The van der Waals surface area contributed by atoms with Gasteiger partial charge in [0.25, 0.3) is 0 Å². The monoisotopic (exact) mass is 365 g/mol. The molecule has 5 rings (SSSR count). The largest absolute Gasteiger partial charge is 0.357 e. The van der Waals surface area contributed by atoms with E-state index in [4.69, 9.17) is 4.74 Å². The Morgan fingerprint density at radius 2 is 2.22 bits per heavy atom. The van der Waals surface area contributed by atoms with E-state index >= 15 is 0 Å². The zero-order valence-electron chi connectivity index (χ0n) is 15.8. The fourth-order valence-corrected chi connectivity index (χ4v) is 4.42. The summed E-state index contributed by atoms with van der Waals surface area (Å²) >= 11 is 0. The van der Waals surface area contributed by atoms with E-state index in [1.165, 1.54) is 18.4 Å². The minimum absolute atomic E-state index is 0.0813. The van der Waals surface area contributed by atoms with Crippen LogP contribution in [0.5, 0.6) is 0 Å². The van der Waals surface area contributed by atoms with Crippen LogP contribution in [0.25, 0.3) is 22.2 Å². The molecule has 6 nitrogen and oxygen atoms in total. The zero-order chi connectivity index (χ0) is 18.2. The van der Waals surface area contributed by atoms with Gasteiger partial charge in [-0.2, -0.15) is 5.10 Å². The van der Waals surface area contributed by atoms with Crippen molar-refractivity contribution in [2.75, 3.05) is 13.2 Å². The van der Waals surface area contributed by atoms with Gasteiger partial charge in [0.2, 0.25) is 0 Å². The highest BCUT2D eigenvalue weighted by Gasteiger charge is 2.21. The first-order valence-corrected chi connectivity index (χ1v) is 10.1. The van der Waals surface area contributed by atoms with Crippen LogP contribution >= 0.6 is 0 Å². The normalized spacial score (nSPS) is 26.0. The maximum Gasteiger partial charge on any atom is 0.150 e.